The molecule has 9 N–H and O–H groups in total. The number of hydrogen-bond donors (Lipinski definition) is 8. The van der Waals surface area contributed by atoms with Gasteiger partial charge in [0.25, 0.3) is 0 Å². The fourth-order valence-corrected chi connectivity index (χ4v) is 3.24. The summed E-state index contributed by atoms with van der Waals surface area (Å²) < 4.78 is 21.4. The molecule has 13 nitrogen and oxygen atoms in total. The van der Waals surface area contributed by atoms with Gasteiger partial charge in [-0.1, -0.05) is 0 Å². The van der Waals surface area contributed by atoms with Crippen LogP contribution in [0.5, 0.6) is 0 Å². The second kappa shape index (κ2) is 12.4. The number of aliphatic hydroxyl groups excluding tert-OH is 6. The van der Waals surface area contributed by atoms with Gasteiger partial charge < -0.3 is 60.6 Å². The number of aliphatic hydroxyl groups is 6. The molecular formula is C16H31ClN2O11. The minimum atomic E-state index is -1.70. The number of rotatable bonds is 8. The van der Waals surface area contributed by atoms with E-state index in [1.165, 1.54) is 6.92 Å². The highest BCUT2D eigenvalue weighted by molar-refractivity contribution is 5.85. The van der Waals surface area contributed by atoms with Crippen molar-refractivity contribution in [1.29, 1.82) is 0 Å². The van der Waals surface area contributed by atoms with Crippen molar-refractivity contribution in [2.75, 3.05) is 26.4 Å². The molecule has 0 saturated carbocycles. The van der Waals surface area contributed by atoms with E-state index in [2.05, 4.69) is 5.32 Å². The Kier molecular flexibility index (Phi) is 11.3. The first-order valence-corrected chi connectivity index (χ1v) is 9.23. The lowest BCUT2D eigenvalue weighted by molar-refractivity contribution is -0.346. The molecule has 2 fully saturated rings. The van der Waals surface area contributed by atoms with Gasteiger partial charge in [-0.2, -0.15) is 0 Å². The molecule has 0 aromatic rings. The monoisotopic (exact) mass is 462 g/mol. The molecule has 0 spiro atoms. The number of amides is 1. The molecule has 2 heterocycles. The minimum Gasteiger partial charge on any atom is -0.394 e. The molecule has 1 amide bonds. The van der Waals surface area contributed by atoms with Crippen LogP contribution in [0.3, 0.4) is 0 Å². The van der Waals surface area contributed by atoms with E-state index in [1.807, 2.05) is 0 Å². The van der Waals surface area contributed by atoms with Gasteiger partial charge in [0.15, 0.2) is 12.6 Å². The summed E-state index contributed by atoms with van der Waals surface area (Å²) in [5, 5.41) is 62.7. The molecule has 10 atom stereocenters. The highest BCUT2D eigenvalue weighted by Crippen LogP contribution is 2.28. The van der Waals surface area contributed by atoms with Crippen LogP contribution >= 0.6 is 12.4 Å². The largest absolute Gasteiger partial charge is 0.394 e. The molecule has 2 rings (SSSR count). The first kappa shape index (κ1) is 27.4. The Morgan fingerprint density at radius 2 is 1.70 bits per heavy atom. The second-order valence-electron chi connectivity index (χ2n) is 6.94. The van der Waals surface area contributed by atoms with Crippen LogP contribution in [-0.4, -0.2) is 124 Å². The zero-order valence-corrected chi connectivity index (χ0v) is 17.1. The van der Waals surface area contributed by atoms with Gasteiger partial charge in [0.05, 0.1) is 19.8 Å². The molecule has 0 aromatic carbocycles. The lowest BCUT2D eigenvalue weighted by Gasteiger charge is -2.46. The van der Waals surface area contributed by atoms with Crippen LogP contribution in [0.1, 0.15) is 6.92 Å². The summed E-state index contributed by atoms with van der Waals surface area (Å²) in [4.78, 5) is 11.3. The normalized spacial score (nSPS) is 41.7. The summed E-state index contributed by atoms with van der Waals surface area (Å²) in [6, 6.07) is -1.28. The molecule has 30 heavy (non-hydrogen) atoms. The number of nitrogens with two attached hydrogens (primary N) is 1. The Morgan fingerprint density at radius 1 is 1.03 bits per heavy atom. The van der Waals surface area contributed by atoms with Crippen molar-refractivity contribution >= 4 is 18.3 Å². The van der Waals surface area contributed by atoms with E-state index >= 15 is 0 Å². The quantitative estimate of drug-likeness (QED) is 0.159. The predicted octanol–water partition coefficient (Wildman–Crippen LogP) is -4.85. The molecule has 178 valence electrons. The van der Waals surface area contributed by atoms with E-state index in [0.717, 1.165) is 0 Å². The molecule has 0 aliphatic carbocycles. The van der Waals surface area contributed by atoms with Gasteiger partial charge in [0, 0.05) is 13.5 Å². The summed E-state index contributed by atoms with van der Waals surface area (Å²) in [5.74, 6) is -0.553. The van der Waals surface area contributed by atoms with E-state index in [4.69, 9.17) is 24.7 Å². The highest BCUT2D eigenvalue weighted by Gasteiger charge is 2.50. The zero-order valence-electron chi connectivity index (χ0n) is 16.3. The first-order chi connectivity index (χ1) is 13.7. The Labute approximate surface area is 179 Å². The standard InChI is InChI=1S/C16H30N2O11.ClH/c1-6(20)18-9-11(22)14(7(4-19)27-15(9)25)29-16-13(24)12(23)10(21)8(28-16)5-26-3-2-17;/h7-16,19,21-25H,2-5,17H2,1H3,(H,18,20);1H/t7-,8-,9-,10-,11-,12+,13+,14-,15?,16+;/m1./s1. The van der Waals surface area contributed by atoms with Gasteiger partial charge in [-0.25, -0.2) is 0 Å². The number of halogens is 1. The second-order valence-corrected chi connectivity index (χ2v) is 6.94. The summed E-state index contributed by atoms with van der Waals surface area (Å²) in [7, 11) is 0. The third kappa shape index (κ3) is 6.41. The third-order valence-corrected chi connectivity index (χ3v) is 4.75. The SMILES string of the molecule is CC(=O)N[C@H]1C(O)O[C@H](CO)[C@@H](O[C@@H]2O[C@H](COCCN)[C@@H](O)[C@H](O)[C@@H]2O)[C@@H]1O.Cl. The van der Waals surface area contributed by atoms with Crippen LogP contribution in [0, 0.1) is 0 Å². The van der Waals surface area contributed by atoms with Crippen LogP contribution in [-0.2, 0) is 23.7 Å². The molecule has 2 aliphatic rings. The van der Waals surface area contributed by atoms with Crippen molar-refractivity contribution in [1.82, 2.24) is 5.32 Å². The van der Waals surface area contributed by atoms with Gasteiger partial charge >= 0.3 is 0 Å². The Morgan fingerprint density at radius 3 is 2.27 bits per heavy atom. The number of hydrogen-bond acceptors (Lipinski definition) is 12. The van der Waals surface area contributed by atoms with E-state index in [9.17, 15) is 35.4 Å². The van der Waals surface area contributed by atoms with E-state index in [1.54, 1.807) is 0 Å². The van der Waals surface area contributed by atoms with Crippen molar-refractivity contribution < 1.29 is 54.4 Å². The van der Waals surface area contributed by atoms with Crippen molar-refractivity contribution in [2.45, 2.75) is 68.3 Å². The maximum atomic E-state index is 11.3. The molecule has 1 unspecified atom stereocenters. The molecular weight excluding hydrogens is 432 g/mol. The van der Waals surface area contributed by atoms with Crippen LogP contribution in [0.15, 0.2) is 0 Å². The third-order valence-electron chi connectivity index (χ3n) is 4.75. The number of ether oxygens (including phenoxy) is 4. The van der Waals surface area contributed by atoms with Crippen molar-refractivity contribution in [2.24, 2.45) is 5.73 Å². The number of nitrogens with one attached hydrogen (secondary N) is 1. The van der Waals surface area contributed by atoms with Gasteiger partial charge in [0.2, 0.25) is 5.91 Å². The molecule has 0 radical (unpaired) electrons. The summed E-state index contributed by atoms with van der Waals surface area (Å²) in [6.45, 7) is 0.759. The van der Waals surface area contributed by atoms with E-state index < -0.39 is 73.9 Å². The van der Waals surface area contributed by atoms with Gasteiger partial charge in [-0.15, -0.1) is 12.4 Å². The van der Waals surface area contributed by atoms with Crippen molar-refractivity contribution in [3.05, 3.63) is 0 Å². The summed E-state index contributed by atoms with van der Waals surface area (Å²) in [5.41, 5.74) is 5.33. The van der Waals surface area contributed by atoms with Crippen molar-refractivity contribution in [3.63, 3.8) is 0 Å². The lowest BCUT2D eigenvalue weighted by atomic mass is 9.95. The Balaban J connectivity index is 0.00000450. The minimum absolute atomic E-state index is 0. The van der Waals surface area contributed by atoms with Crippen LogP contribution in [0.25, 0.3) is 0 Å². The molecule has 0 bridgehead atoms. The van der Waals surface area contributed by atoms with Gasteiger partial charge in [-0.05, 0) is 0 Å². The van der Waals surface area contributed by atoms with E-state index in [0.29, 0.717) is 0 Å². The topological polar surface area (TPSA) is 213 Å². The maximum Gasteiger partial charge on any atom is 0.217 e. The number of carbonyl (C=O) groups excluding carboxylic acids is 1. The summed E-state index contributed by atoms with van der Waals surface area (Å²) in [6.07, 6.45) is -13.2. The highest BCUT2D eigenvalue weighted by atomic mass is 35.5. The van der Waals surface area contributed by atoms with Crippen molar-refractivity contribution in [3.8, 4) is 0 Å². The molecule has 0 aromatic heterocycles. The lowest BCUT2D eigenvalue weighted by Crippen LogP contribution is -2.67. The average molecular weight is 463 g/mol. The molecule has 2 saturated heterocycles. The smallest absolute Gasteiger partial charge is 0.217 e. The number of carbonyl (C=O) groups is 1. The van der Waals surface area contributed by atoms with Gasteiger partial charge in [-0.3, -0.25) is 4.79 Å². The molecule has 2 aliphatic heterocycles. The first-order valence-electron chi connectivity index (χ1n) is 9.23. The zero-order chi connectivity index (χ0) is 21.7. The fraction of sp³-hybridized carbons (Fsp3) is 0.938. The van der Waals surface area contributed by atoms with Crippen LogP contribution in [0.4, 0.5) is 0 Å². The Bertz CT molecular complexity index is 533. The average Bonchev–Trinajstić information content (AvgIpc) is 2.68. The molecule has 14 heteroatoms. The van der Waals surface area contributed by atoms with Crippen LogP contribution < -0.4 is 11.1 Å². The summed E-state index contributed by atoms with van der Waals surface area (Å²) >= 11 is 0. The maximum absolute atomic E-state index is 11.3. The fourth-order valence-electron chi connectivity index (χ4n) is 3.24. The predicted molar refractivity (Wildman–Crippen MR) is 100 cm³/mol. The van der Waals surface area contributed by atoms with Crippen LogP contribution in [0.2, 0.25) is 0 Å². The van der Waals surface area contributed by atoms with Gasteiger partial charge in [0.1, 0.15) is 48.8 Å². The Hall–Kier alpha value is -0.680. The van der Waals surface area contributed by atoms with E-state index in [-0.39, 0.29) is 32.2 Å².